The van der Waals surface area contributed by atoms with E-state index >= 15 is 0 Å². The Balaban J connectivity index is 1.77. The highest BCUT2D eigenvalue weighted by atomic mass is 15.2. The van der Waals surface area contributed by atoms with Crippen molar-refractivity contribution in [3.8, 4) is 0 Å². The summed E-state index contributed by atoms with van der Waals surface area (Å²) in [7, 11) is 0. The molecule has 2 heteroatoms. The lowest BCUT2D eigenvalue weighted by molar-refractivity contribution is 0.181. The van der Waals surface area contributed by atoms with E-state index in [2.05, 4.69) is 55.3 Å². The van der Waals surface area contributed by atoms with Crippen molar-refractivity contribution in [1.82, 2.24) is 10.2 Å². The first-order valence-corrected chi connectivity index (χ1v) is 7.68. The third kappa shape index (κ3) is 4.32. The van der Waals surface area contributed by atoms with Gasteiger partial charge >= 0.3 is 0 Å². The van der Waals surface area contributed by atoms with Crippen LogP contribution in [-0.4, -0.2) is 30.6 Å². The van der Waals surface area contributed by atoms with Crippen molar-refractivity contribution < 1.29 is 0 Å². The first-order valence-electron chi connectivity index (χ1n) is 7.68. The van der Waals surface area contributed by atoms with E-state index < -0.39 is 0 Å². The molecule has 0 bridgehead atoms. The number of hydrogen-bond acceptors (Lipinski definition) is 2. The number of nitrogens with one attached hydrogen (secondary N) is 1. The zero-order chi connectivity index (χ0) is 13.7. The molecule has 19 heavy (non-hydrogen) atoms. The normalized spacial score (nSPS) is 17.5. The second-order valence-electron chi connectivity index (χ2n) is 6.22. The molecule has 0 aromatic heterocycles. The molecule has 1 aromatic rings. The Labute approximate surface area is 118 Å². The van der Waals surface area contributed by atoms with Crippen molar-refractivity contribution in [1.29, 1.82) is 0 Å². The second-order valence-corrected chi connectivity index (χ2v) is 6.22. The van der Waals surface area contributed by atoms with Crippen molar-refractivity contribution in [3.05, 3.63) is 35.4 Å². The Morgan fingerprint density at radius 2 is 1.89 bits per heavy atom. The summed E-state index contributed by atoms with van der Waals surface area (Å²) in [5.74, 6) is 0.747. The van der Waals surface area contributed by atoms with Crippen LogP contribution < -0.4 is 5.32 Å². The average Bonchev–Trinajstić information content (AvgIpc) is 2.42. The first kappa shape index (κ1) is 14.5. The van der Waals surface area contributed by atoms with Gasteiger partial charge in [0.1, 0.15) is 0 Å². The summed E-state index contributed by atoms with van der Waals surface area (Å²) in [6.07, 6.45) is 2.45. The van der Waals surface area contributed by atoms with Crippen LogP contribution in [0.15, 0.2) is 24.3 Å². The maximum atomic E-state index is 3.55. The van der Waals surface area contributed by atoms with Gasteiger partial charge < -0.3 is 5.32 Å². The molecule has 1 aliphatic heterocycles. The number of fused-ring (bicyclic) bond motifs is 1. The van der Waals surface area contributed by atoms with E-state index in [1.54, 1.807) is 5.56 Å². The summed E-state index contributed by atoms with van der Waals surface area (Å²) in [5, 5.41) is 3.55. The fraction of sp³-hybridized carbons (Fsp3) is 0.647. The lowest BCUT2D eigenvalue weighted by Crippen LogP contribution is -2.39. The molecule has 2 rings (SSSR count). The van der Waals surface area contributed by atoms with Gasteiger partial charge in [-0.15, -0.1) is 0 Å². The van der Waals surface area contributed by atoms with Gasteiger partial charge in [-0.2, -0.15) is 0 Å². The number of rotatable bonds is 6. The number of nitrogens with zero attached hydrogens (tertiary/aromatic N) is 1. The van der Waals surface area contributed by atoms with E-state index in [0.717, 1.165) is 25.6 Å². The standard InChI is InChI=1S/C17H28N2/c1-14(2)12-18-10-8-15(3)19-11-9-16-6-4-5-7-17(16)13-19/h4-7,14-15,18H,8-13H2,1-3H3. The first-order chi connectivity index (χ1) is 9.16. The van der Waals surface area contributed by atoms with Crippen molar-refractivity contribution in [2.45, 2.75) is 46.2 Å². The van der Waals surface area contributed by atoms with Gasteiger partial charge in [0.05, 0.1) is 0 Å². The third-order valence-electron chi connectivity index (χ3n) is 4.07. The van der Waals surface area contributed by atoms with Crippen LogP contribution in [0.2, 0.25) is 0 Å². The highest BCUT2D eigenvalue weighted by Gasteiger charge is 2.19. The van der Waals surface area contributed by atoms with Crippen LogP contribution in [0.4, 0.5) is 0 Å². The third-order valence-corrected chi connectivity index (χ3v) is 4.07. The molecular weight excluding hydrogens is 232 g/mol. The van der Waals surface area contributed by atoms with E-state index in [-0.39, 0.29) is 0 Å². The molecule has 1 unspecified atom stereocenters. The zero-order valence-corrected chi connectivity index (χ0v) is 12.7. The quantitative estimate of drug-likeness (QED) is 0.791. The molecule has 106 valence electrons. The molecule has 0 saturated heterocycles. The Hall–Kier alpha value is -0.860. The minimum Gasteiger partial charge on any atom is -0.316 e. The van der Waals surface area contributed by atoms with Gasteiger partial charge in [0, 0.05) is 19.1 Å². The zero-order valence-electron chi connectivity index (χ0n) is 12.7. The summed E-state index contributed by atoms with van der Waals surface area (Å²) in [4.78, 5) is 2.62. The molecule has 0 fully saturated rings. The van der Waals surface area contributed by atoms with Crippen molar-refractivity contribution in [3.63, 3.8) is 0 Å². The Bertz CT molecular complexity index is 387. The van der Waals surface area contributed by atoms with Gasteiger partial charge in [-0.05, 0) is 49.9 Å². The lowest BCUT2D eigenvalue weighted by atomic mass is 9.98. The molecular formula is C17H28N2. The predicted octanol–water partition coefficient (Wildman–Crippen LogP) is 3.07. The minimum absolute atomic E-state index is 0.674. The maximum absolute atomic E-state index is 3.55. The SMILES string of the molecule is CC(C)CNCCC(C)N1CCc2ccccc2C1. The van der Waals surface area contributed by atoms with Crippen LogP contribution >= 0.6 is 0 Å². The molecule has 0 amide bonds. The van der Waals surface area contributed by atoms with Crippen LogP contribution in [0.5, 0.6) is 0 Å². The van der Waals surface area contributed by atoms with Gasteiger partial charge in [-0.1, -0.05) is 38.1 Å². The highest BCUT2D eigenvalue weighted by molar-refractivity contribution is 5.29. The lowest BCUT2D eigenvalue weighted by Gasteiger charge is -2.33. The average molecular weight is 260 g/mol. The van der Waals surface area contributed by atoms with E-state index in [1.807, 2.05) is 0 Å². The van der Waals surface area contributed by atoms with E-state index in [1.165, 1.54) is 24.9 Å². The van der Waals surface area contributed by atoms with Gasteiger partial charge in [-0.25, -0.2) is 0 Å². The summed E-state index contributed by atoms with van der Waals surface area (Å²) >= 11 is 0. The van der Waals surface area contributed by atoms with Crippen molar-refractivity contribution in [2.75, 3.05) is 19.6 Å². The Morgan fingerprint density at radius 1 is 1.16 bits per heavy atom. The highest BCUT2D eigenvalue weighted by Crippen LogP contribution is 2.20. The molecule has 2 nitrogen and oxygen atoms in total. The molecule has 0 aliphatic carbocycles. The summed E-state index contributed by atoms with van der Waals surface area (Å²) in [6, 6.07) is 9.56. The molecule has 0 spiro atoms. The van der Waals surface area contributed by atoms with Gasteiger partial charge in [0.25, 0.3) is 0 Å². The smallest absolute Gasteiger partial charge is 0.0239 e. The van der Waals surface area contributed by atoms with Crippen LogP contribution in [0.25, 0.3) is 0 Å². The van der Waals surface area contributed by atoms with Crippen LogP contribution in [0, 0.1) is 5.92 Å². The number of benzene rings is 1. The van der Waals surface area contributed by atoms with Crippen molar-refractivity contribution in [2.24, 2.45) is 5.92 Å². The largest absolute Gasteiger partial charge is 0.316 e. The Morgan fingerprint density at radius 3 is 2.63 bits per heavy atom. The molecule has 1 heterocycles. The summed E-state index contributed by atoms with van der Waals surface area (Å²) in [6.45, 7) is 11.5. The molecule has 1 aliphatic rings. The maximum Gasteiger partial charge on any atom is 0.0239 e. The van der Waals surface area contributed by atoms with E-state index in [0.29, 0.717) is 6.04 Å². The second kappa shape index (κ2) is 7.06. The van der Waals surface area contributed by atoms with Gasteiger partial charge in [0.2, 0.25) is 0 Å². The molecule has 1 aromatic carbocycles. The monoisotopic (exact) mass is 260 g/mol. The molecule has 0 radical (unpaired) electrons. The molecule has 1 N–H and O–H groups in total. The van der Waals surface area contributed by atoms with Gasteiger partial charge in [0.15, 0.2) is 0 Å². The van der Waals surface area contributed by atoms with Crippen LogP contribution in [-0.2, 0) is 13.0 Å². The Kier molecular flexibility index (Phi) is 5.41. The number of hydrogen-bond donors (Lipinski definition) is 1. The van der Waals surface area contributed by atoms with E-state index in [4.69, 9.17) is 0 Å². The van der Waals surface area contributed by atoms with Crippen molar-refractivity contribution >= 4 is 0 Å². The van der Waals surface area contributed by atoms with Crippen LogP contribution in [0.1, 0.15) is 38.3 Å². The summed E-state index contributed by atoms with van der Waals surface area (Å²) < 4.78 is 0. The topological polar surface area (TPSA) is 15.3 Å². The van der Waals surface area contributed by atoms with E-state index in [9.17, 15) is 0 Å². The summed E-state index contributed by atoms with van der Waals surface area (Å²) in [5.41, 5.74) is 3.07. The molecule has 1 atom stereocenters. The fourth-order valence-electron chi connectivity index (χ4n) is 2.78. The molecule has 0 saturated carbocycles. The minimum atomic E-state index is 0.674. The fourth-order valence-corrected chi connectivity index (χ4v) is 2.78. The van der Waals surface area contributed by atoms with Crippen LogP contribution in [0.3, 0.4) is 0 Å². The predicted molar refractivity (Wildman–Crippen MR) is 82.3 cm³/mol. The van der Waals surface area contributed by atoms with Gasteiger partial charge in [-0.3, -0.25) is 4.90 Å².